The third-order valence-corrected chi connectivity index (χ3v) is 2.70. The summed E-state index contributed by atoms with van der Waals surface area (Å²) in [7, 11) is 0. The first kappa shape index (κ1) is 13.3. The van der Waals surface area contributed by atoms with E-state index in [1.165, 1.54) is 0 Å². The summed E-state index contributed by atoms with van der Waals surface area (Å²) >= 11 is 0. The zero-order valence-electron chi connectivity index (χ0n) is 10.4. The molecule has 0 atom stereocenters. The summed E-state index contributed by atoms with van der Waals surface area (Å²) in [4.78, 5) is 12.7. The van der Waals surface area contributed by atoms with E-state index in [0.29, 0.717) is 13.1 Å². The molecule has 3 nitrogen and oxygen atoms in total. The fourth-order valence-corrected chi connectivity index (χ4v) is 1.99. The number of nitrogens with zero attached hydrogens (tertiary/aromatic N) is 1. The average Bonchev–Trinajstić information content (AvgIpc) is 2.25. The van der Waals surface area contributed by atoms with E-state index in [2.05, 4.69) is 11.5 Å². The van der Waals surface area contributed by atoms with Crippen molar-refractivity contribution in [2.24, 2.45) is 0 Å². The largest absolute Gasteiger partial charge is 0.481 e. The molecule has 1 N–H and O–H groups in total. The van der Waals surface area contributed by atoms with Gasteiger partial charge in [-0.2, -0.15) is 0 Å². The van der Waals surface area contributed by atoms with Crippen LogP contribution in [0, 0.1) is 13.8 Å². The number of carboxylic acids is 1. The van der Waals surface area contributed by atoms with E-state index in [1.54, 1.807) is 6.08 Å². The number of aryl methyl sites for hydroxylation is 2. The van der Waals surface area contributed by atoms with Gasteiger partial charge in [-0.15, -0.1) is 6.58 Å². The highest BCUT2D eigenvalue weighted by atomic mass is 16.4. The number of carbonyl (C=O) groups is 1. The van der Waals surface area contributed by atoms with Gasteiger partial charge in [0.25, 0.3) is 0 Å². The Balaban J connectivity index is 2.96. The Labute approximate surface area is 102 Å². The number of rotatable bonds is 6. The Morgan fingerprint density at radius 2 is 2.00 bits per heavy atom. The average molecular weight is 233 g/mol. The number of carboxylic acid groups (broad SMARTS) is 1. The lowest BCUT2D eigenvalue weighted by molar-refractivity contribution is -0.136. The number of hydrogen-bond donors (Lipinski definition) is 1. The van der Waals surface area contributed by atoms with Gasteiger partial charge in [0.1, 0.15) is 0 Å². The summed E-state index contributed by atoms with van der Waals surface area (Å²) in [6, 6.07) is 6.09. The topological polar surface area (TPSA) is 40.5 Å². The highest BCUT2D eigenvalue weighted by Gasteiger charge is 2.11. The number of benzene rings is 1. The second kappa shape index (κ2) is 6.09. The van der Waals surface area contributed by atoms with E-state index in [0.717, 1.165) is 16.8 Å². The van der Waals surface area contributed by atoms with E-state index in [-0.39, 0.29) is 6.42 Å². The van der Waals surface area contributed by atoms with Crippen molar-refractivity contribution in [2.75, 3.05) is 18.0 Å². The second-order valence-corrected chi connectivity index (χ2v) is 4.12. The lowest BCUT2D eigenvalue weighted by Crippen LogP contribution is -2.27. The summed E-state index contributed by atoms with van der Waals surface area (Å²) in [5.74, 6) is -0.773. The number of aliphatic carboxylic acids is 1. The van der Waals surface area contributed by atoms with Crippen molar-refractivity contribution in [3.63, 3.8) is 0 Å². The van der Waals surface area contributed by atoms with Crippen molar-refractivity contribution in [3.05, 3.63) is 42.0 Å². The van der Waals surface area contributed by atoms with Gasteiger partial charge < -0.3 is 10.0 Å². The van der Waals surface area contributed by atoms with Crippen LogP contribution in [0.2, 0.25) is 0 Å². The van der Waals surface area contributed by atoms with E-state index in [1.807, 2.05) is 32.0 Å². The molecule has 17 heavy (non-hydrogen) atoms. The van der Waals surface area contributed by atoms with Gasteiger partial charge in [0, 0.05) is 18.8 Å². The van der Waals surface area contributed by atoms with Gasteiger partial charge >= 0.3 is 5.97 Å². The Morgan fingerprint density at radius 3 is 2.47 bits per heavy atom. The highest BCUT2D eigenvalue weighted by molar-refractivity contribution is 5.68. The molecule has 0 aromatic heterocycles. The molecule has 0 unspecified atom stereocenters. The number of hydrogen-bond acceptors (Lipinski definition) is 2. The maximum atomic E-state index is 10.7. The number of anilines is 1. The maximum Gasteiger partial charge on any atom is 0.305 e. The van der Waals surface area contributed by atoms with Gasteiger partial charge in [0.15, 0.2) is 0 Å². The van der Waals surface area contributed by atoms with E-state index in [9.17, 15) is 4.79 Å². The van der Waals surface area contributed by atoms with Crippen LogP contribution in [-0.4, -0.2) is 24.2 Å². The maximum absolute atomic E-state index is 10.7. The standard InChI is InChI=1S/C14H19NO2/c1-4-9-15(10-8-13(16)17)14-11(2)6-5-7-12(14)3/h4-7H,1,8-10H2,2-3H3,(H,16,17). The van der Waals surface area contributed by atoms with Gasteiger partial charge in [0.05, 0.1) is 6.42 Å². The van der Waals surface area contributed by atoms with Crippen LogP contribution in [0.15, 0.2) is 30.9 Å². The van der Waals surface area contributed by atoms with Crippen LogP contribution in [-0.2, 0) is 4.79 Å². The van der Waals surface area contributed by atoms with Gasteiger partial charge in [0.2, 0.25) is 0 Å². The molecular weight excluding hydrogens is 214 g/mol. The predicted octanol–water partition coefficient (Wildman–Crippen LogP) is 2.77. The second-order valence-electron chi connectivity index (χ2n) is 4.12. The number of para-hydroxylation sites is 1. The third kappa shape index (κ3) is 3.63. The molecule has 0 fully saturated rings. The van der Waals surface area contributed by atoms with Gasteiger partial charge in [-0.1, -0.05) is 24.3 Å². The molecule has 3 heteroatoms. The monoisotopic (exact) mass is 233 g/mol. The normalized spacial score (nSPS) is 10.0. The first-order chi connectivity index (χ1) is 8.06. The van der Waals surface area contributed by atoms with Gasteiger partial charge in [-0.25, -0.2) is 0 Å². The predicted molar refractivity (Wildman–Crippen MR) is 70.6 cm³/mol. The van der Waals surface area contributed by atoms with Gasteiger partial charge in [-0.3, -0.25) is 4.79 Å². The summed E-state index contributed by atoms with van der Waals surface area (Å²) in [5.41, 5.74) is 3.45. The van der Waals surface area contributed by atoms with Gasteiger partial charge in [-0.05, 0) is 25.0 Å². The molecule has 1 aromatic rings. The summed E-state index contributed by atoms with van der Waals surface area (Å²) in [6.07, 6.45) is 1.94. The molecule has 1 aromatic carbocycles. The highest BCUT2D eigenvalue weighted by Crippen LogP contribution is 2.24. The molecular formula is C14H19NO2. The molecule has 0 saturated carbocycles. The zero-order chi connectivity index (χ0) is 12.8. The van der Waals surface area contributed by atoms with E-state index < -0.39 is 5.97 Å². The zero-order valence-corrected chi connectivity index (χ0v) is 10.4. The van der Waals surface area contributed by atoms with Crippen molar-refractivity contribution in [1.29, 1.82) is 0 Å². The van der Waals surface area contributed by atoms with Crippen LogP contribution in [0.3, 0.4) is 0 Å². The first-order valence-electron chi connectivity index (χ1n) is 5.70. The van der Waals surface area contributed by atoms with E-state index in [4.69, 9.17) is 5.11 Å². The van der Waals surface area contributed by atoms with Crippen LogP contribution in [0.25, 0.3) is 0 Å². The molecule has 0 spiro atoms. The van der Waals surface area contributed by atoms with Crippen molar-refractivity contribution in [1.82, 2.24) is 0 Å². The van der Waals surface area contributed by atoms with Crippen LogP contribution in [0.4, 0.5) is 5.69 Å². The lowest BCUT2D eigenvalue weighted by atomic mass is 10.1. The molecule has 0 amide bonds. The Kier molecular flexibility index (Phi) is 4.76. The first-order valence-corrected chi connectivity index (χ1v) is 5.70. The summed E-state index contributed by atoms with van der Waals surface area (Å²) in [5, 5.41) is 8.76. The molecule has 0 radical (unpaired) electrons. The fourth-order valence-electron chi connectivity index (χ4n) is 1.99. The van der Waals surface area contributed by atoms with Crippen LogP contribution >= 0.6 is 0 Å². The van der Waals surface area contributed by atoms with Crippen LogP contribution in [0.5, 0.6) is 0 Å². The minimum atomic E-state index is -0.773. The molecule has 0 aliphatic heterocycles. The van der Waals surface area contributed by atoms with Crippen LogP contribution in [0.1, 0.15) is 17.5 Å². The van der Waals surface area contributed by atoms with E-state index >= 15 is 0 Å². The lowest BCUT2D eigenvalue weighted by Gasteiger charge is -2.26. The minimum absolute atomic E-state index is 0.140. The molecule has 0 aliphatic carbocycles. The van der Waals surface area contributed by atoms with Crippen LogP contribution < -0.4 is 4.90 Å². The summed E-state index contributed by atoms with van der Waals surface area (Å²) < 4.78 is 0. The Hall–Kier alpha value is -1.77. The molecule has 1 rings (SSSR count). The summed E-state index contributed by atoms with van der Waals surface area (Å²) in [6.45, 7) is 8.98. The Morgan fingerprint density at radius 1 is 1.41 bits per heavy atom. The SMILES string of the molecule is C=CCN(CCC(=O)O)c1c(C)cccc1C. The van der Waals surface area contributed by atoms with Crippen molar-refractivity contribution >= 4 is 11.7 Å². The fraction of sp³-hybridized carbons (Fsp3) is 0.357. The third-order valence-electron chi connectivity index (χ3n) is 2.70. The van der Waals surface area contributed by atoms with Crippen molar-refractivity contribution in [2.45, 2.75) is 20.3 Å². The molecule has 0 heterocycles. The Bertz CT molecular complexity index is 392. The smallest absolute Gasteiger partial charge is 0.305 e. The minimum Gasteiger partial charge on any atom is -0.481 e. The van der Waals surface area contributed by atoms with Crippen molar-refractivity contribution in [3.8, 4) is 0 Å². The molecule has 92 valence electrons. The molecule has 0 aliphatic rings. The molecule has 0 saturated heterocycles. The quantitative estimate of drug-likeness (QED) is 0.768. The molecule has 0 bridgehead atoms. The van der Waals surface area contributed by atoms with Crippen molar-refractivity contribution < 1.29 is 9.90 Å².